The van der Waals surface area contributed by atoms with Crippen LogP contribution in [0.3, 0.4) is 0 Å². The molecule has 0 radical (unpaired) electrons. The van der Waals surface area contributed by atoms with Crippen LogP contribution in [0.15, 0.2) is 67.0 Å². The highest BCUT2D eigenvalue weighted by Crippen LogP contribution is 2.16. The van der Waals surface area contributed by atoms with Crippen LogP contribution in [0, 0.1) is 6.92 Å². The highest BCUT2D eigenvalue weighted by Gasteiger charge is 2.22. The Labute approximate surface area is 183 Å². The normalized spacial score (nSPS) is 14.4. The second kappa shape index (κ2) is 10.2. The van der Waals surface area contributed by atoms with Crippen LogP contribution in [0.4, 0.5) is 4.79 Å². The van der Waals surface area contributed by atoms with E-state index in [9.17, 15) is 4.79 Å². The molecule has 0 N–H and O–H groups in total. The van der Waals surface area contributed by atoms with E-state index >= 15 is 0 Å². The van der Waals surface area contributed by atoms with Crippen LogP contribution < -0.4 is 4.74 Å². The van der Waals surface area contributed by atoms with E-state index in [4.69, 9.17) is 4.74 Å². The van der Waals surface area contributed by atoms with Crippen molar-refractivity contribution in [3.05, 3.63) is 89.5 Å². The second-order valence-corrected chi connectivity index (χ2v) is 7.92. The van der Waals surface area contributed by atoms with Crippen molar-refractivity contribution in [3.8, 4) is 5.75 Å². The second-order valence-electron chi connectivity index (χ2n) is 7.92. The first-order valence-corrected chi connectivity index (χ1v) is 10.8. The van der Waals surface area contributed by atoms with Gasteiger partial charge < -0.3 is 9.64 Å². The predicted molar refractivity (Wildman–Crippen MR) is 120 cm³/mol. The van der Waals surface area contributed by atoms with Crippen LogP contribution in [0.2, 0.25) is 0 Å². The van der Waals surface area contributed by atoms with Gasteiger partial charge in [-0.25, -0.2) is 4.79 Å². The fourth-order valence-electron chi connectivity index (χ4n) is 3.62. The van der Waals surface area contributed by atoms with Crippen molar-refractivity contribution in [1.82, 2.24) is 19.8 Å². The van der Waals surface area contributed by atoms with Gasteiger partial charge in [-0.05, 0) is 61.2 Å². The number of piperazine rings is 1. The van der Waals surface area contributed by atoms with Gasteiger partial charge in [-0.2, -0.15) is 0 Å². The average molecular weight is 417 g/mol. The number of amides is 1. The van der Waals surface area contributed by atoms with E-state index in [0.717, 1.165) is 43.9 Å². The number of rotatable bonds is 6. The van der Waals surface area contributed by atoms with Crippen LogP contribution >= 0.6 is 0 Å². The van der Waals surface area contributed by atoms with Gasteiger partial charge in [0.15, 0.2) is 0 Å². The lowest BCUT2D eigenvalue weighted by Gasteiger charge is -2.33. The van der Waals surface area contributed by atoms with E-state index in [-0.39, 0.29) is 6.09 Å². The topological polar surface area (TPSA) is 58.6 Å². The Hall–Kier alpha value is -3.25. The maximum atomic E-state index is 12.5. The van der Waals surface area contributed by atoms with Crippen molar-refractivity contribution in [1.29, 1.82) is 0 Å². The summed E-state index contributed by atoms with van der Waals surface area (Å²) in [5, 5.41) is 0. The zero-order valence-corrected chi connectivity index (χ0v) is 17.9. The monoisotopic (exact) mass is 416 g/mol. The molecule has 1 aliphatic rings. The summed E-state index contributed by atoms with van der Waals surface area (Å²) in [6.45, 7) is 5.80. The third kappa shape index (κ3) is 6.12. The number of pyridine rings is 2. The Kier molecular flexibility index (Phi) is 6.89. The molecule has 31 heavy (non-hydrogen) atoms. The first kappa shape index (κ1) is 21.0. The molecule has 6 nitrogen and oxygen atoms in total. The van der Waals surface area contributed by atoms with Gasteiger partial charge in [-0.1, -0.05) is 24.3 Å². The van der Waals surface area contributed by atoms with Crippen molar-refractivity contribution in [2.75, 3.05) is 26.2 Å². The van der Waals surface area contributed by atoms with E-state index in [2.05, 4.69) is 27.0 Å². The fraction of sp³-hybridized carbons (Fsp3) is 0.320. The number of ether oxygens (including phenoxy) is 1. The van der Waals surface area contributed by atoms with Crippen LogP contribution in [-0.2, 0) is 19.4 Å². The highest BCUT2D eigenvalue weighted by atomic mass is 16.6. The van der Waals surface area contributed by atoms with Gasteiger partial charge in [0.25, 0.3) is 0 Å². The summed E-state index contributed by atoms with van der Waals surface area (Å²) in [5.74, 6) is 0.582. The van der Waals surface area contributed by atoms with E-state index in [1.54, 1.807) is 4.90 Å². The van der Waals surface area contributed by atoms with Gasteiger partial charge in [-0.3, -0.25) is 14.9 Å². The Balaban J connectivity index is 1.22. The predicted octanol–water partition coefficient (Wildman–Crippen LogP) is 3.89. The maximum absolute atomic E-state index is 12.5. The first-order chi connectivity index (χ1) is 15.2. The lowest BCUT2D eigenvalue weighted by atomic mass is 10.1. The molecule has 0 aliphatic carbocycles. The Morgan fingerprint density at radius 1 is 0.903 bits per heavy atom. The van der Waals surface area contributed by atoms with Crippen LogP contribution in [0.25, 0.3) is 0 Å². The van der Waals surface area contributed by atoms with Gasteiger partial charge in [-0.15, -0.1) is 0 Å². The summed E-state index contributed by atoms with van der Waals surface area (Å²) in [6, 6.07) is 17.9. The minimum absolute atomic E-state index is 0.283. The summed E-state index contributed by atoms with van der Waals surface area (Å²) in [5.41, 5.74) is 4.51. The van der Waals surface area contributed by atoms with Crippen molar-refractivity contribution >= 4 is 6.09 Å². The van der Waals surface area contributed by atoms with Gasteiger partial charge >= 0.3 is 6.09 Å². The average Bonchev–Trinajstić information content (AvgIpc) is 2.81. The quantitative estimate of drug-likeness (QED) is 0.610. The molecule has 2 aromatic heterocycles. The third-order valence-corrected chi connectivity index (χ3v) is 5.51. The molecule has 6 heteroatoms. The third-order valence-electron chi connectivity index (χ3n) is 5.51. The zero-order valence-electron chi connectivity index (χ0n) is 17.9. The summed E-state index contributed by atoms with van der Waals surface area (Å²) < 4.78 is 5.58. The largest absolute Gasteiger partial charge is 0.415 e. The zero-order chi connectivity index (χ0) is 21.5. The van der Waals surface area contributed by atoms with Crippen molar-refractivity contribution in [2.24, 2.45) is 0 Å². The number of carbonyl (C=O) groups excluding carboxylic acids is 1. The molecule has 1 aromatic carbocycles. The number of benzene rings is 1. The molecule has 1 aliphatic heterocycles. The van der Waals surface area contributed by atoms with Gasteiger partial charge in [0.1, 0.15) is 5.75 Å². The fourth-order valence-corrected chi connectivity index (χ4v) is 3.62. The van der Waals surface area contributed by atoms with Crippen LogP contribution in [0.5, 0.6) is 5.75 Å². The number of carbonyl (C=O) groups is 1. The number of hydrogen-bond donors (Lipinski definition) is 0. The molecule has 0 saturated carbocycles. The number of hydrogen-bond acceptors (Lipinski definition) is 5. The lowest BCUT2D eigenvalue weighted by Crippen LogP contribution is -2.49. The standard InChI is InChI=1S/C25H28N4O2/c1-20-5-9-22(27-18-20)10-6-21-7-11-24(12-8-21)31-25(30)29-16-14-28(15-17-29)19-23-4-2-3-13-26-23/h2-5,7-9,11-13,18H,6,10,14-17,19H2,1H3. The van der Waals surface area contributed by atoms with E-state index in [1.807, 2.05) is 61.8 Å². The Bertz CT molecular complexity index is 967. The van der Waals surface area contributed by atoms with Gasteiger partial charge in [0, 0.05) is 50.8 Å². The van der Waals surface area contributed by atoms with Gasteiger partial charge in [0.2, 0.25) is 0 Å². The van der Waals surface area contributed by atoms with Gasteiger partial charge in [0.05, 0.1) is 5.69 Å². The summed E-state index contributed by atoms with van der Waals surface area (Å²) in [7, 11) is 0. The molecule has 3 heterocycles. The molecule has 160 valence electrons. The molecule has 0 spiro atoms. The molecule has 0 atom stereocenters. The molecule has 4 rings (SSSR count). The van der Waals surface area contributed by atoms with Crippen molar-refractivity contribution in [2.45, 2.75) is 26.3 Å². The lowest BCUT2D eigenvalue weighted by molar-refractivity contribution is 0.107. The molecular weight excluding hydrogens is 388 g/mol. The van der Waals surface area contributed by atoms with Crippen LogP contribution in [-0.4, -0.2) is 52.0 Å². The smallest absolute Gasteiger partial charge is 0.410 e. The first-order valence-electron chi connectivity index (χ1n) is 10.8. The molecule has 1 amide bonds. The van der Waals surface area contributed by atoms with E-state index < -0.39 is 0 Å². The van der Waals surface area contributed by atoms with Crippen molar-refractivity contribution < 1.29 is 9.53 Å². The molecule has 3 aromatic rings. The number of nitrogens with zero attached hydrogens (tertiary/aromatic N) is 4. The summed E-state index contributed by atoms with van der Waals surface area (Å²) >= 11 is 0. The summed E-state index contributed by atoms with van der Waals surface area (Å²) in [6.07, 6.45) is 5.23. The molecule has 0 bridgehead atoms. The molecule has 0 unspecified atom stereocenters. The Morgan fingerprint density at radius 3 is 2.39 bits per heavy atom. The molecular formula is C25H28N4O2. The van der Waals surface area contributed by atoms with E-state index in [0.29, 0.717) is 18.8 Å². The minimum atomic E-state index is -0.283. The highest BCUT2D eigenvalue weighted by molar-refractivity contribution is 5.70. The maximum Gasteiger partial charge on any atom is 0.415 e. The number of aromatic nitrogens is 2. The van der Waals surface area contributed by atoms with Crippen LogP contribution in [0.1, 0.15) is 22.5 Å². The summed E-state index contributed by atoms with van der Waals surface area (Å²) in [4.78, 5) is 25.4. The molecule has 1 saturated heterocycles. The SMILES string of the molecule is Cc1ccc(CCc2ccc(OC(=O)N3CCN(Cc4ccccn4)CC3)cc2)nc1. The van der Waals surface area contributed by atoms with Crippen molar-refractivity contribution in [3.63, 3.8) is 0 Å². The Morgan fingerprint density at radius 2 is 1.71 bits per heavy atom. The van der Waals surface area contributed by atoms with E-state index in [1.165, 1.54) is 11.1 Å². The number of aryl methyl sites for hydroxylation is 3. The minimum Gasteiger partial charge on any atom is -0.410 e. The molecule has 1 fully saturated rings.